The van der Waals surface area contributed by atoms with Crippen LogP contribution in [0.1, 0.15) is 42.4 Å². The smallest absolute Gasteiger partial charge is 0.242 e. The topological polar surface area (TPSA) is 53.5 Å². The Morgan fingerprint density at radius 3 is 2.21 bits per heavy atom. The first kappa shape index (κ1) is 23.6. The summed E-state index contributed by atoms with van der Waals surface area (Å²) >= 11 is 0. The van der Waals surface area contributed by atoms with Crippen molar-refractivity contribution in [2.45, 2.75) is 36.0 Å². The molecule has 0 N–H and O–H groups in total. The van der Waals surface area contributed by atoms with Gasteiger partial charge in [-0.25, -0.2) is 12.7 Å². The Morgan fingerprint density at radius 2 is 1.58 bits per heavy atom. The molecule has 1 unspecified atom stereocenters. The minimum Gasteiger partial charge on any atom is -0.303 e. The highest BCUT2D eigenvalue weighted by molar-refractivity contribution is 7.89. The Bertz CT molecular complexity index is 1080. The number of sulfonamides is 1. The van der Waals surface area contributed by atoms with Crippen molar-refractivity contribution in [1.82, 2.24) is 14.2 Å². The first-order valence-corrected chi connectivity index (χ1v) is 13.2. The third-order valence-electron chi connectivity index (χ3n) is 6.69. The van der Waals surface area contributed by atoms with Gasteiger partial charge in [0.2, 0.25) is 10.0 Å². The van der Waals surface area contributed by atoms with Crippen molar-refractivity contribution in [3.8, 4) is 0 Å². The lowest BCUT2D eigenvalue weighted by molar-refractivity contribution is 0.203. The van der Waals surface area contributed by atoms with Crippen molar-refractivity contribution in [1.29, 1.82) is 0 Å². The number of nitrogens with zero attached hydrogens (tertiary/aromatic N) is 3. The Kier molecular flexibility index (Phi) is 7.91. The lowest BCUT2D eigenvalue weighted by Gasteiger charge is -2.33. The molecule has 0 radical (unpaired) electrons. The highest BCUT2D eigenvalue weighted by atomic mass is 32.2. The van der Waals surface area contributed by atoms with Crippen LogP contribution in [0.3, 0.4) is 0 Å². The molecule has 1 aliphatic rings. The van der Waals surface area contributed by atoms with E-state index in [1.165, 1.54) is 22.7 Å². The van der Waals surface area contributed by atoms with Gasteiger partial charge in [-0.1, -0.05) is 54.6 Å². The monoisotopic (exact) mass is 463 g/mol. The zero-order chi connectivity index (χ0) is 23.1. The van der Waals surface area contributed by atoms with E-state index in [1.54, 1.807) is 37.5 Å². The third kappa shape index (κ3) is 6.08. The van der Waals surface area contributed by atoms with Gasteiger partial charge in [0.1, 0.15) is 0 Å². The lowest BCUT2D eigenvalue weighted by atomic mass is 9.89. The largest absolute Gasteiger partial charge is 0.303 e. The van der Waals surface area contributed by atoms with E-state index in [9.17, 15) is 8.42 Å². The fourth-order valence-corrected chi connectivity index (χ4v) is 5.92. The van der Waals surface area contributed by atoms with E-state index in [4.69, 9.17) is 0 Å². The number of rotatable bonds is 9. The van der Waals surface area contributed by atoms with E-state index < -0.39 is 10.0 Å². The SMILES string of the molecule is CN(CC(CCN1CCC(c2ccccc2)CC1)c1ccccn1)S(=O)(=O)c1ccccc1. The zero-order valence-electron chi connectivity index (χ0n) is 19.3. The molecular weight excluding hydrogens is 430 g/mol. The Morgan fingerprint density at radius 1 is 0.939 bits per heavy atom. The Balaban J connectivity index is 1.39. The van der Waals surface area contributed by atoms with Crippen LogP contribution in [0.5, 0.6) is 0 Å². The predicted molar refractivity (Wildman–Crippen MR) is 133 cm³/mol. The molecule has 1 aromatic heterocycles. The van der Waals surface area contributed by atoms with Gasteiger partial charge in [0.05, 0.1) is 4.90 Å². The number of aromatic nitrogens is 1. The summed E-state index contributed by atoms with van der Waals surface area (Å²) in [6, 6.07) is 25.3. The number of benzene rings is 2. The minimum atomic E-state index is -3.53. The van der Waals surface area contributed by atoms with Crippen LogP contribution in [0, 0.1) is 0 Å². The molecule has 1 aliphatic heterocycles. The van der Waals surface area contributed by atoms with E-state index >= 15 is 0 Å². The van der Waals surface area contributed by atoms with Crippen LogP contribution < -0.4 is 0 Å². The average molecular weight is 464 g/mol. The molecule has 0 amide bonds. The summed E-state index contributed by atoms with van der Waals surface area (Å²) in [5.41, 5.74) is 2.39. The molecule has 33 heavy (non-hydrogen) atoms. The lowest BCUT2D eigenvalue weighted by Crippen LogP contribution is -2.36. The van der Waals surface area contributed by atoms with Crippen LogP contribution in [0.4, 0.5) is 0 Å². The fourth-order valence-electron chi connectivity index (χ4n) is 4.68. The second-order valence-electron chi connectivity index (χ2n) is 8.87. The molecule has 2 heterocycles. The molecule has 0 bridgehead atoms. The number of hydrogen-bond donors (Lipinski definition) is 0. The zero-order valence-corrected chi connectivity index (χ0v) is 20.1. The maximum absolute atomic E-state index is 13.1. The molecular formula is C27H33N3O2S. The van der Waals surface area contributed by atoms with Crippen LogP contribution >= 0.6 is 0 Å². The van der Waals surface area contributed by atoms with Crippen LogP contribution in [0.15, 0.2) is 90.0 Å². The number of likely N-dealkylation sites (N-methyl/N-ethyl adjacent to an activating group) is 1. The van der Waals surface area contributed by atoms with Gasteiger partial charge in [0, 0.05) is 31.4 Å². The summed E-state index contributed by atoms with van der Waals surface area (Å²) in [4.78, 5) is 7.41. The van der Waals surface area contributed by atoms with Crippen molar-refractivity contribution in [2.75, 3.05) is 33.2 Å². The second-order valence-corrected chi connectivity index (χ2v) is 10.9. The minimum absolute atomic E-state index is 0.0431. The first-order chi connectivity index (χ1) is 16.0. The molecule has 1 saturated heterocycles. The van der Waals surface area contributed by atoms with Gasteiger partial charge in [-0.15, -0.1) is 0 Å². The van der Waals surface area contributed by atoms with Crippen LogP contribution in [0.2, 0.25) is 0 Å². The summed E-state index contributed by atoms with van der Waals surface area (Å²) in [7, 11) is -1.86. The van der Waals surface area contributed by atoms with Gasteiger partial charge in [-0.2, -0.15) is 0 Å². The van der Waals surface area contributed by atoms with Crippen molar-refractivity contribution in [3.05, 3.63) is 96.3 Å². The van der Waals surface area contributed by atoms with Crippen molar-refractivity contribution in [3.63, 3.8) is 0 Å². The standard InChI is InChI=1S/C27H33N3O2S/c1-29(33(31,32)26-12-6-3-7-13-26)22-25(27-14-8-9-18-28-27)17-21-30-19-15-24(16-20-30)23-10-4-2-5-11-23/h2-14,18,24-25H,15-17,19-22H2,1H3. The van der Waals surface area contributed by atoms with E-state index in [0.717, 1.165) is 31.7 Å². The van der Waals surface area contributed by atoms with Crippen molar-refractivity contribution in [2.24, 2.45) is 0 Å². The molecule has 1 atom stereocenters. The highest BCUT2D eigenvalue weighted by Crippen LogP contribution is 2.29. The summed E-state index contributed by atoms with van der Waals surface area (Å²) in [6.07, 6.45) is 5.00. The Hall–Kier alpha value is -2.54. The van der Waals surface area contributed by atoms with E-state index in [1.807, 2.05) is 24.3 Å². The molecule has 4 rings (SSSR count). The van der Waals surface area contributed by atoms with Gasteiger partial charge in [0.25, 0.3) is 0 Å². The molecule has 6 heteroatoms. The molecule has 1 fully saturated rings. The number of likely N-dealkylation sites (tertiary alicyclic amines) is 1. The van der Waals surface area contributed by atoms with Crippen molar-refractivity contribution >= 4 is 10.0 Å². The first-order valence-electron chi connectivity index (χ1n) is 11.7. The summed E-state index contributed by atoms with van der Waals surface area (Å²) in [6.45, 7) is 3.51. The molecule has 2 aromatic carbocycles. The van der Waals surface area contributed by atoms with Gasteiger partial charge in [-0.3, -0.25) is 4.98 Å². The molecule has 5 nitrogen and oxygen atoms in total. The highest BCUT2D eigenvalue weighted by Gasteiger charge is 2.26. The van der Waals surface area contributed by atoms with Crippen LogP contribution in [0.25, 0.3) is 0 Å². The van der Waals surface area contributed by atoms with Gasteiger partial charge in [0.15, 0.2) is 0 Å². The normalized spacial score (nSPS) is 16.7. The second kappa shape index (κ2) is 11.1. The maximum Gasteiger partial charge on any atom is 0.242 e. The predicted octanol–water partition coefficient (Wildman–Crippen LogP) is 4.76. The van der Waals surface area contributed by atoms with Crippen LogP contribution in [-0.2, 0) is 10.0 Å². The molecule has 0 spiro atoms. The molecule has 174 valence electrons. The van der Waals surface area contributed by atoms with Gasteiger partial charge >= 0.3 is 0 Å². The van der Waals surface area contributed by atoms with E-state index in [2.05, 4.69) is 40.2 Å². The molecule has 0 aliphatic carbocycles. The average Bonchev–Trinajstić information content (AvgIpc) is 2.88. The maximum atomic E-state index is 13.1. The Labute approximate surface area is 198 Å². The fraction of sp³-hybridized carbons (Fsp3) is 0.370. The quantitative estimate of drug-likeness (QED) is 0.459. The summed E-state index contributed by atoms with van der Waals surface area (Å²) in [5, 5.41) is 0. The number of hydrogen-bond acceptors (Lipinski definition) is 4. The third-order valence-corrected chi connectivity index (χ3v) is 8.52. The van der Waals surface area contributed by atoms with Gasteiger partial charge in [-0.05, 0) is 74.6 Å². The van der Waals surface area contributed by atoms with E-state index in [-0.39, 0.29) is 5.92 Å². The number of piperidine rings is 1. The van der Waals surface area contributed by atoms with Gasteiger partial charge < -0.3 is 4.90 Å². The summed E-state index contributed by atoms with van der Waals surface area (Å²) in [5.74, 6) is 0.678. The molecule has 0 saturated carbocycles. The summed E-state index contributed by atoms with van der Waals surface area (Å²) < 4.78 is 27.6. The van der Waals surface area contributed by atoms with E-state index in [0.29, 0.717) is 17.4 Å². The number of pyridine rings is 1. The van der Waals surface area contributed by atoms with Crippen molar-refractivity contribution < 1.29 is 8.42 Å². The molecule has 3 aromatic rings. The van der Waals surface area contributed by atoms with Crippen LogP contribution in [-0.4, -0.2) is 55.8 Å².